The Kier molecular flexibility index (Phi) is 7.23. The molecule has 20 heavy (non-hydrogen) atoms. The van der Waals surface area contributed by atoms with Gasteiger partial charge in [0, 0.05) is 31.5 Å². The Balaban J connectivity index is 2.94. The molecule has 0 radical (unpaired) electrons. The molecule has 1 rings (SSSR count). The Morgan fingerprint density at radius 2 is 2.00 bits per heavy atom. The summed E-state index contributed by atoms with van der Waals surface area (Å²) in [5.74, 6) is 0.773. The second-order valence-electron chi connectivity index (χ2n) is 5.01. The van der Waals surface area contributed by atoms with Crippen LogP contribution in [0, 0.1) is 0 Å². The van der Waals surface area contributed by atoms with Crippen LogP contribution in [0.3, 0.4) is 0 Å². The number of rotatable bonds is 9. The molecule has 0 aliphatic carbocycles. The number of benzene rings is 1. The van der Waals surface area contributed by atoms with Crippen molar-refractivity contribution in [3.8, 4) is 5.75 Å². The molecule has 114 valence electrons. The zero-order valence-corrected chi connectivity index (χ0v) is 13.2. The molecule has 1 atom stereocenters. The van der Waals surface area contributed by atoms with Gasteiger partial charge in [0.15, 0.2) is 0 Å². The van der Waals surface area contributed by atoms with Gasteiger partial charge in [0.2, 0.25) is 0 Å². The summed E-state index contributed by atoms with van der Waals surface area (Å²) < 4.78 is 10.9. The first-order chi connectivity index (χ1) is 9.63. The highest BCUT2D eigenvalue weighted by atomic mass is 16.5. The molecule has 0 saturated carbocycles. The van der Waals surface area contributed by atoms with Crippen LogP contribution in [0.1, 0.15) is 33.6 Å². The topological polar surface area (TPSA) is 47.7 Å². The van der Waals surface area contributed by atoms with E-state index >= 15 is 0 Å². The summed E-state index contributed by atoms with van der Waals surface area (Å²) >= 11 is 0. The first-order valence-corrected chi connectivity index (χ1v) is 7.41. The number of nitrogens with zero attached hydrogens (tertiary/aromatic N) is 1. The van der Waals surface area contributed by atoms with Crippen LogP contribution in [0.15, 0.2) is 18.2 Å². The highest BCUT2D eigenvalue weighted by molar-refractivity contribution is 5.62. The van der Waals surface area contributed by atoms with E-state index in [-0.39, 0.29) is 0 Å². The van der Waals surface area contributed by atoms with Gasteiger partial charge in [-0.25, -0.2) is 0 Å². The lowest BCUT2D eigenvalue weighted by Crippen LogP contribution is -2.35. The van der Waals surface area contributed by atoms with Crippen molar-refractivity contribution >= 4 is 11.4 Å². The van der Waals surface area contributed by atoms with Crippen LogP contribution >= 0.6 is 0 Å². The van der Waals surface area contributed by atoms with Crippen molar-refractivity contribution in [1.82, 2.24) is 0 Å². The highest BCUT2D eigenvalue weighted by Crippen LogP contribution is 2.29. The molecule has 0 saturated heterocycles. The van der Waals surface area contributed by atoms with E-state index in [1.165, 1.54) is 0 Å². The Morgan fingerprint density at radius 3 is 2.60 bits per heavy atom. The molecule has 1 aromatic carbocycles. The number of hydrogen-bond acceptors (Lipinski definition) is 4. The zero-order chi connectivity index (χ0) is 15.0. The van der Waals surface area contributed by atoms with Crippen LogP contribution in [-0.2, 0) is 4.74 Å². The molecule has 0 aromatic heterocycles. The average Bonchev–Trinajstić information content (AvgIpc) is 2.47. The third-order valence-corrected chi connectivity index (χ3v) is 3.45. The van der Waals surface area contributed by atoms with Gasteiger partial charge in [0.25, 0.3) is 0 Å². The summed E-state index contributed by atoms with van der Waals surface area (Å²) in [5.41, 5.74) is 7.80. The Morgan fingerprint density at radius 1 is 1.25 bits per heavy atom. The number of ether oxygens (including phenoxy) is 2. The van der Waals surface area contributed by atoms with Crippen molar-refractivity contribution in [2.75, 3.05) is 37.5 Å². The quantitative estimate of drug-likeness (QED) is 0.705. The maximum absolute atomic E-state index is 5.97. The van der Waals surface area contributed by atoms with Gasteiger partial charge in [-0.1, -0.05) is 13.8 Å². The van der Waals surface area contributed by atoms with Gasteiger partial charge in [-0.3, -0.25) is 0 Å². The maximum atomic E-state index is 5.97. The van der Waals surface area contributed by atoms with Gasteiger partial charge in [-0.15, -0.1) is 0 Å². The molecule has 1 aromatic rings. The van der Waals surface area contributed by atoms with Crippen LogP contribution < -0.4 is 15.4 Å². The molecule has 0 aliphatic heterocycles. The summed E-state index contributed by atoms with van der Waals surface area (Å²) in [4.78, 5) is 2.34. The molecule has 0 heterocycles. The Bertz CT molecular complexity index is 396. The SMILES string of the molecule is CCCOc1cc(N(CCOC)C(C)CC)ccc1N. The maximum Gasteiger partial charge on any atom is 0.144 e. The molecular formula is C16H28N2O2. The second-order valence-corrected chi connectivity index (χ2v) is 5.01. The summed E-state index contributed by atoms with van der Waals surface area (Å²) in [6.07, 6.45) is 2.06. The van der Waals surface area contributed by atoms with Gasteiger partial charge in [0.1, 0.15) is 5.75 Å². The van der Waals surface area contributed by atoms with Gasteiger partial charge in [-0.2, -0.15) is 0 Å². The van der Waals surface area contributed by atoms with Crippen molar-refractivity contribution in [2.24, 2.45) is 0 Å². The summed E-state index contributed by atoms with van der Waals surface area (Å²) in [5, 5.41) is 0. The van der Waals surface area contributed by atoms with E-state index in [0.717, 1.165) is 30.8 Å². The van der Waals surface area contributed by atoms with Crippen molar-refractivity contribution in [1.29, 1.82) is 0 Å². The summed E-state index contributed by atoms with van der Waals surface area (Å²) in [6, 6.07) is 6.46. The van der Waals surface area contributed by atoms with Crippen LogP contribution in [0.4, 0.5) is 11.4 Å². The van der Waals surface area contributed by atoms with Gasteiger partial charge in [0.05, 0.1) is 18.9 Å². The van der Waals surface area contributed by atoms with Crippen molar-refractivity contribution in [3.05, 3.63) is 18.2 Å². The number of nitrogen functional groups attached to an aromatic ring is 1. The summed E-state index contributed by atoms with van der Waals surface area (Å²) in [6.45, 7) is 8.76. The molecule has 4 heteroatoms. The monoisotopic (exact) mass is 280 g/mol. The standard InChI is InChI=1S/C16H28N2O2/c1-5-10-20-16-12-14(7-8-15(16)17)18(9-11-19-4)13(3)6-2/h7-8,12-13H,5-6,9-11,17H2,1-4H3. The minimum absolute atomic E-state index is 0.452. The molecule has 0 aliphatic rings. The highest BCUT2D eigenvalue weighted by Gasteiger charge is 2.14. The van der Waals surface area contributed by atoms with Crippen LogP contribution in [0.5, 0.6) is 5.75 Å². The van der Waals surface area contributed by atoms with E-state index in [2.05, 4.69) is 31.7 Å². The Labute approximate surface area is 122 Å². The van der Waals surface area contributed by atoms with Gasteiger partial charge >= 0.3 is 0 Å². The first-order valence-electron chi connectivity index (χ1n) is 7.41. The molecule has 2 N–H and O–H groups in total. The lowest BCUT2D eigenvalue weighted by molar-refractivity contribution is 0.203. The number of anilines is 2. The predicted molar refractivity (Wildman–Crippen MR) is 85.6 cm³/mol. The van der Waals surface area contributed by atoms with Crippen LogP contribution in [0.25, 0.3) is 0 Å². The lowest BCUT2D eigenvalue weighted by Gasteiger charge is -2.31. The van der Waals surface area contributed by atoms with E-state index < -0.39 is 0 Å². The first kappa shape index (κ1) is 16.6. The molecule has 0 spiro atoms. The Hall–Kier alpha value is -1.42. The van der Waals surface area contributed by atoms with Crippen molar-refractivity contribution < 1.29 is 9.47 Å². The number of nitrogens with two attached hydrogens (primary N) is 1. The van der Waals surface area contributed by atoms with Gasteiger partial charge < -0.3 is 20.1 Å². The van der Waals surface area contributed by atoms with Crippen molar-refractivity contribution in [2.45, 2.75) is 39.7 Å². The second kappa shape index (κ2) is 8.69. The smallest absolute Gasteiger partial charge is 0.144 e. The van der Waals surface area contributed by atoms with E-state index in [1.807, 2.05) is 12.1 Å². The van der Waals surface area contributed by atoms with E-state index in [9.17, 15) is 0 Å². The molecule has 1 unspecified atom stereocenters. The predicted octanol–water partition coefficient (Wildman–Crippen LogP) is 3.31. The normalized spacial score (nSPS) is 12.2. The van der Waals surface area contributed by atoms with Crippen LogP contribution in [-0.4, -0.2) is 32.9 Å². The average molecular weight is 280 g/mol. The van der Waals surface area contributed by atoms with Crippen LogP contribution in [0.2, 0.25) is 0 Å². The molecule has 0 fully saturated rings. The van der Waals surface area contributed by atoms with E-state index in [4.69, 9.17) is 15.2 Å². The largest absolute Gasteiger partial charge is 0.491 e. The third-order valence-electron chi connectivity index (χ3n) is 3.45. The fourth-order valence-electron chi connectivity index (χ4n) is 2.05. The van der Waals surface area contributed by atoms with Gasteiger partial charge in [-0.05, 0) is 31.9 Å². The molecule has 0 bridgehead atoms. The number of hydrogen-bond donors (Lipinski definition) is 1. The molecular weight excluding hydrogens is 252 g/mol. The summed E-state index contributed by atoms with van der Waals surface area (Å²) in [7, 11) is 1.73. The van der Waals surface area contributed by atoms with E-state index in [1.54, 1.807) is 7.11 Å². The third kappa shape index (κ3) is 4.60. The number of methoxy groups -OCH3 is 1. The minimum atomic E-state index is 0.452. The van der Waals surface area contributed by atoms with E-state index in [0.29, 0.717) is 24.9 Å². The molecule has 4 nitrogen and oxygen atoms in total. The minimum Gasteiger partial charge on any atom is -0.491 e. The fraction of sp³-hybridized carbons (Fsp3) is 0.625. The molecule has 0 amide bonds. The lowest BCUT2D eigenvalue weighted by atomic mass is 10.1. The fourth-order valence-corrected chi connectivity index (χ4v) is 2.05. The zero-order valence-electron chi connectivity index (χ0n) is 13.2. The van der Waals surface area contributed by atoms with Crippen molar-refractivity contribution in [3.63, 3.8) is 0 Å².